The summed E-state index contributed by atoms with van der Waals surface area (Å²) in [6.45, 7) is 9.87. The third-order valence-electron chi connectivity index (χ3n) is 12.7. The van der Waals surface area contributed by atoms with Crippen LogP contribution in [0.4, 0.5) is 11.4 Å². The molecule has 0 aromatic heterocycles. The monoisotopic (exact) mass is 1120 g/mol. The Morgan fingerprint density at radius 2 is 1.11 bits per heavy atom. The molecule has 74 heavy (non-hydrogen) atoms. The average Bonchev–Trinajstić information content (AvgIpc) is 3.67. The number of ether oxygens (including phenoxy) is 6. The summed E-state index contributed by atoms with van der Waals surface area (Å²) in [5.74, 6) is -1.07. The molecule has 0 saturated carbocycles. The van der Waals surface area contributed by atoms with E-state index in [9.17, 15) is 56.7 Å². The molecule has 0 spiro atoms. The summed E-state index contributed by atoms with van der Waals surface area (Å²) < 4.78 is 171. The molecule has 4 rings (SSSR count). The molecular weight excluding hydrogens is 1050 g/mol. The molecule has 0 aliphatic carbocycles. The lowest BCUT2D eigenvalue weighted by molar-refractivity contribution is -0.438. The fourth-order valence-electron chi connectivity index (χ4n) is 9.07. The lowest BCUT2D eigenvalue weighted by Gasteiger charge is -2.30. The van der Waals surface area contributed by atoms with Crippen molar-refractivity contribution in [2.75, 3.05) is 109 Å². The van der Waals surface area contributed by atoms with E-state index in [1.54, 1.807) is 56.5 Å². The summed E-state index contributed by atoms with van der Waals surface area (Å²) >= 11 is 0. The van der Waals surface area contributed by atoms with E-state index in [0.717, 1.165) is 0 Å². The number of hydrogen-bond acceptors (Lipinski definition) is 16. The van der Waals surface area contributed by atoms with Crippen molar-refractivity contribution in [3.05, 3.63) is 83.6 Å². The Kier molecular flexibility index (Phi) is 24.7. The van der Waals surface area contributed by atoms with E-state index in [1.807, 2.05) is 16.4 Å². The normalized spacial score (nSPS) is 18.9. The zero-order chi connectivity index (χ0) is 54.6. The van der Waals surface area contributed by atoms with E-state index in [4.69, 9.17) is 28.4 Å². The quantitative estimate of drug-likeness (QED) is 0.0280. The lowest BCUT2D eigenvalue weighted by atomic mass is 9.76. The summed E-state index contributed by atoms with van der Waals surface area (Å²) in [5, 5.41) is 0. The minimum atomic E-state index is -4.66. The first-order chi connectivity index (χ1) is 34.8. The fraction of sp³-hybridized carbons (Fsp3) is 0.592. The van der Waals surface area contributed by atoms with Crippen molar-refractivity contribution in [2.24, 2.45) is 0 Å². The number of methoxy groups -OCH3 is 1. The number of fused-ring (bicyclic) bond motifs is 2. The molecular formula is C49H73N2O19S4+. The van der Waals surface area contributed by atoms with Crippen LogP contribution in [0.3, 0.4) is 0 Å². The van der Waals surface area contributed by atoms with Crippen LogP contribution in [0.15, 0.2) is 82.3 Å². The summed E-state index contributed by atoms with van der Waals surface area (Å²) in [6.07, 6.45) is 11.4. The molecule has 2 atom stereocenters. The largest absolute Gasteiger partial charge is 0.382 e. The van der Waals surface area contributed by atoms with E-state index < -0.39 is 62.8 Å². The smallest absolute Gasteiger partial charge is 0.294 e. The third-order valence-corrected chi connectivity index (χ3v) is 16.0. The SMILES string of the molecule is COCCOCCOCCOCCOCCOCCN1C(=CC=CC=CC2=[N+](CCCCCC(C)=O)c3ccc(S(=O)(=O)O)cc3C2(C)CCCS(=O)(=O)O)C(C)(CCCS(=O)(=O)O)c2cc(S(=O)(=O)O)ccc21. The fourth-order valence-corrected chi connectivity index (χ4v) is 11.1. The molecule has 2 aliphatic rings. The van der Waals surface area contributed by atoms with Gasteiger partial charge < -0.3 is 38.1 Å². The van der Waals surface area contributed by atoms with Crippen LogP contribution in [-0.4, -0.2) is 172 Å². The molecule has 2 aromatic carbocycles. The molecule has 2 aromatic rings. The Hall–Kier alpha value is -3.80. The first kappa shape index (κ1) is 62.7. The highest BCUT2D eigenvalue weighted by Gasteiger charge is 2.48. The van der Waals surface area contributed by atoms with Crippen molar-refractivity contribution in [1.29, 1.82) is 0 Å². The molecule has 2 heterocycles. The summed E-state index contributed by atoms with van der Waals surface area (Å²) in [7, 11) is -16.4. The van der Waals surface area contributed by atoms with Crippen molar-refractivity contribution >= 4 is 63.3 Å². The predicted octanol–water partition coefficient (Wildman–Crippen LogP) is 5.53. The summed E-state index contributed by atoms with van der Waals surface area (Å²) in [5.41, 5.74) is 1.37. The minimum absolute atomic E-state index is 0.00158. The Morgan fingerprint density at radius 1 is 0.608 bits per heavy atom. The number of anilines is 1. The van der Waals surface area contributed by atoms with Gasteiger partial charge in [-0.15, -0.1) is 0 Å². The topological polar surface area (TPSA) is 296 Å². The van der Waals surface area contributed by atoms with Gasteiger partial charge in [-0.25, -0.2) is 0 Å². The van der Waals surface area contributed by atoms with Gasteiger partial charge in [0, 0.05) is 61.0 Å². The Bertz CT molecular complexity index is 2780. The number of carbonyl (C=O) groups is 1. The lowest BCUT2D eigenvalue weighted by Crippen LogP contribution is -2.32. The van der Waals surface area contributed by atoms with Gasteiger partial charge in [0.05, 0.1) is 99.4 Å². The molecule has 0 radical (unpaired) electrons. The zero-order valence-electron chi connectivity index (χ0n) is 42.6. The zero-order valence-corrected chi connectivity index (χ0v) is 45.8. The first-order valence-electron chi connectivity index (χ1n) is 24.3. The van der Waals surface area contributed by atoms with Crippen LogP contribution in [0.1, 0.15) is 83.3 Å². The third kappa shape index (κ3) is 19.6. The first-order valence-corrected chi connectivity index (χ1v) is 30.4. The van der Waals surface area contributed by atoms with Gasteiger partial charge in [0.1, 0.15) is 12.3 Å². The highest BCUT2D eigenvalue weighted by Crippen LogP contribution is 2.51. The van der Waals surface area contributed by atoms with Crippen LogP contribution in [0.5, 0.6) is 0 Å². The van der Waals surface area contributed by atoms with Gasteiger partial charge in [0.15, 0.2) is 5.71 Å². The minimum Gasteiger partial charge on any atom is -0.382 e. The van der Waals surface area contributed by atoms with Crippen molar-refractivity contribution in [2.45, 2.75) is 92.8 Å². The number of carbonyl (C=O) groups excluding carboxylic acids is 1. The molecule has 416 valence electrons. The number of nitrogens with zero attached hydrogens (tertiary/aromatic N) is 2. The van der Waals surface area contributed by atoms with E-state index in [2.05, 4.69) is 0 Å². The molecule has 21 nitrogen and oxygen atoms in total. The number of ketones is 1. The second-order valence-corrected chi connectivity index (χ2v) is 24.3. The number of benzene rings is 2. The van der Waals surface area contributed by atoms with Crippen LogP contribution in [0, 0.1) is 0 Å². The molecule has 0 saturated heterocycles. The number of allylic oxidation sites excluding steroid dienone is 6. The molecule has 25 heteroatoms. The number of hydrogen-bond donors (Lipinski definition) is 4. The standard InChI is InChI=1S/C49H72N2O19S4/c1-39(52)13-7-6-10-22-50-44-18-16-40(73(59,60)61)37-42(44)48(2,20-11-35-71(53,54)55)46(50)14-8-5-9-15-47-49(3,21-12-36-72(56,57)58)43-38-41(74(62,63)64)17-19-45(43)51(47)23-24-66-27-28-68-31-32-70-34-33-69-30-29-67-26-25-65-4/h5,8-9,14-19,37-38H,6-7,10-13,20-36H2,1-4H3,(H3-,53,54,55,56,57,58,59,60,61,62,63,64)/p+1. The predicted molar refractivity (Wildman–Crippen MR) is 277 cm³/mol. The Balaban J connectivity index is 1.62. The summed E-state index contributed by atoms with van der Waals surface area (Å²) in [4.78, 5) is 12.8. The highest BCUT2D eigenvalue weighted by atomic mass is 32.2. The van der Waals surface area contributed by atoms with Gasteiger partial charge in [-0.2, -0.15) is 38.2 Å². The molecule has 2 unspecified atom stereocenters. The van der Waals surface area contributed by atoms with Gasteiger partial charge in [-0.3, -0.25) is 18.2 Å². The van der Waals surface area contributed by atoms with E-state index in [0.29, 0.717) is 119 Å². The van der Waals surface area contributed by atoms with Gasteiger partial charge in [-0.05, 0) is 101 Å². The van der Waals surface area contributed by atoms with Gasteiger partial charge in [0.25, 0.3) is 40.5 Å². The molecule has 2 aliphatic heterocycles. The van der Waals surface area contributed by atoms with Gasteiger partial charge in [-0.1, -0.05) is 18.2 Å². The van der Waals surface area contributed by atoms with E-state index >= 15 is 0 Å². The van der Waals surface area contributed by atoms with E-state index in [-0.39, 0.29) is 67.6 Å². The Labute approximate surface area is 436 Å². The molecule has 0 bridgehead atoms. The maximum absolute atomic E-state index is 12.4. The van der Waals surface area contributed by atoms with Crippen molar-refractivity contribution in [1.82, 2.24) is 0 Å². The maximum Gasteiger partial charge on any atom is 0.294 e. The Morgan fingerprint density at radius 3 is 1.62 bits per heavy atom. The van der Waals surface area contributed by atoms with Gasteiger partial charge >= 0.3 is 0 Å². The molecule has 0 amide bonds. The highest BCUT2D eigenvalue weighted by molar-refractivity contribution is 7.86. The second-order valence-electron chi connectivity index (χ2n) is 18.3. The summed E-state index contributed by atoms with van der Waals surface area (Å²) in [6, 6.07) is 8.38. The molecule has 0 fully saturated rings. The van der Waals surface area contributed by atoms with E-state index in [1.165, 1.54) is 31.2 Å². The van der Waals surface area contributed by atoms with Crippen molar-refractivity contribution in [3.8, 4) is 0 Å². The average molecular weight is 1120 g/mol. The molecule has 4 N–H and O–H groups in total. The van der Waals surface area contributed by atoms with Crippen molar-refractivity contribution in [3.63, 3.8) is 0 Å². The van der Waals surface area contributed by atoms with Crippen LogP contribution in [0.25, 0.3) is 0 Å². The number of unbranched alkanes of at least 4 members (excludes halogenated alkanes) is 2. The van der Waals surface area contributed by atoms with Crippen LogP contribution in [0.2, 0.25) is 0 Å². The van der Waals surface area contributed by atoms with Crippen LogP contribution < -0.4 is 4.90 Å². The maximum atomic E-state index is 12.4. The number of Topliss-reactive ketones (excluding diaryl/α,β-unsaturated/α-hetero) is 1. The van der Waals surface area contributed by atoms with Crippen molar-refractivity contribution < 1.29 is 89.7 Å². The van der Waals surface area contributed by atoms with Crippen LogP contribution in [-0.2, 0) is 84.5 Å². The van der Waals surface area contributed by atoms with Gasteiger partial charge in [0.2, 0.25) is 5.69 Å². The van der Waals surface area contributed by atoms with Crippen LogP contribution >= 0.6 is 0 Å². The second kappa shape index (κ2) is 29.1. The number of rotatable bonds is 37.